The second-order valence-corrected chi connectivity index (χ2v) is 7.08. The topological polar surface area (TPSA) is 95.4 Å². The van der Waals surface area contributed by atoms with Gasteiger partial charge in [-0.05, 0) is 31.2 Å². The van der Waals surface area contributed by atoms with Gasteiger partial charge in [-0.1, -0.05) is 17.7 Å². The minimum absolute atomic E-state index is 0.00775. The summed E-state index contributed by atoms with van der Waals surface area (Å²) in [5, 5.41) is 17.7. The van der Waals surface area contributed by atoms with Crippen LogP contribution in [0.5, 0.6) is 0 Å². The Morgan fingerprint density at radius 3 is 2.31 bits per heavy atom. The molecule has 3 aromatic rings. The van der Waals surface area contributed by atoms with Crippen molar-refractivity contribution in [1.82, 2.24) is 15.1 Å². The van der Waals surface area contributed by atoms with Gasteiger partial charge >= 0.3 is 0 Å². The number of H-pyrrole nitrogens is 1. The molecule has 1 amide bonds. The third kappa shape index (κ3) is 3.82. The van der Waals surface area contributed by atoms with Gasteiger partial charge in [0.1, 0.15) is 0 Å². The number of hydrogen-bond acceptors (Lipinski definition) is 5. The van der Waals surface area contributed by atoms with Crippen molar-refractivity contribution in [2.75, 3.05) is 31.1 Å². The van der Waals surface area contributed by atoms with Crippen molar-refractivity contribution in [3.05, 3.63) is 76.0 Å². The normalized spacial score (nSPS) is 14.1. The van der Waals surface area contributed by atoms with Gasteiger partial charge in [0.15, 0.2) is 0 Å². The molecule has 2 heterocycles. The number of rotatable bonds is 4. The third-order valence-electron chi connectivity index (χ3n) is 5.20. The SMILES string of the molecule is Cc1ccc(N2CCN(C(=O)c3cn[nH]c3-c3ccc([N+](=O)[O-])cc3)CC2)cc1. The highest BCUT2D eigenvalue weighted by Crippen LogP contribution is 2.25. The van der Waals surface area contributed by atoms with Crippen molar-refractivity contribution in [3.63, 3.8) is 0 Å². The summed E-state index contributed by atoms with van der Waals surface area (Å²) in [6.07, 6.45) is 1.52. The molecule has 0 unspecified atom stereocenters. The molecule has 0 spiro atoms. The average Bonchev–Trinajstić information content (AvgIpc) is 3.24. The quantitative estimate of drug-likeness (QED) is 0.544. The number of aromatic nitrogens is 2. The number of amides is 1. The fourth-order valence-electron chi connectivity index (χ4n) is 3.51. The maximum absolute atomic E-state index is 13.1. The first-order valence-corrected chi connectivity index (χ1v) is 9.42. The smallest absolute Gasteiger partial charge is 0.269 e. The average molecular weight is 391 g/mol. The van der Waals surface area contributed by atoms with E-state index in [4.69, 9.17) is 0 Å². The van der Waals surface area contributed by atoms with Gasteiger partial charge in [0, 0.05) is 49.6 Å². The number of carbonyl (C=O) groups excluding carboxylic acids is 1. The lowest BCUT2D eigenvalue weighted by Crippen LogP contribution is -2.48. The predicted molar refractivity (Wildman–Crippen MR) is 110 cm³/mol. The lowest BCUT2D eigenvalue weighted by Gasteiger charge is -2.36. The number of aromatic amines is 1. The van der Waals surface area contributed by atoms with Gasteiger partial charge in [-0.15, -0.1) is 0 Å². The van der Waals surface area contributed by atoms with Crippen LogP contribution in [0.3, 0.4) is 0 Å². The maximum atomic E-state index is 13.1. The van der Waals surface area contributed by atoms with E-state index in [1.165, 1.54) is 23.9 Å². The highest BCUT2D eigenvalue weighted by Gasteiger charge is 2.25. The molecule has 1 aliphatic heterocycles. The zero-order valence-corrected chi connectivity index (χ0v) is 16.0. The number of nitro benzene ring substituents is 1. The van der Waals surface area contributed by atoms with Crippen LogP contribution >= 0.6 is 0 Å². The third-order valence-corrected chi connectivity index (χ3v) is 5.20. The van der Waals surface area contributed by atoms with Crippen molar-refractivity contribution >= 4 is 17.3 Å². The summed E-state index contributed by atoms with van der Waals surface area (Å²) in [5.41, 5.74) is 4.13. The molecule has 0 atom stereocenters. The van der Waals surface area contributed by atoms with E-state index < -0.39 is 4.92 Å². The molecule has 148 valence electrons. The van der Waals surface area contributed by atoms with Crippen LogP contribution in [-0.4, -0.2) is 52.1 Å². The second kappa shape index (κ2) is 7.75. The summed E-state index contributed by atoms with van der Waals surface area (Å²) in [5.74, 6) is -0.0874. The molecule has 4 rings (SSSR count). The zero-order chi connectivity index (χ0) is 20.4. The number of anilines is 1. The van der Waals surface area contributed by atoms with Crippen molar-refractivity contribution in [1.29, 1.82) is 0 Å². The van der Waals surface area contributed by atoms with Crippen LogP contribution < -0.4 is 4.90 Å². The number of nitrogens with zero attached hydrogens (tertiary/aromatic N) is 4. The van der Waals surface area contributed by atoms with E-state index in [9.17, 15) is 14.9 Å². The fourth-order valence-corrected chi connectivity index (χ4v) is 3.51. The number of benzene rings is 2. The number of hydrogen-bond donors (Lipinski definition) is 1. The summed E-state index contributed by atoms with van der Waals surface area (Å²) in [6, 6.07) is 14.5. The summed E-state index contributed by atoms with van der Waals surface area (Å²) in [7, 11) is 0. The second-order valence-electron chi connectivity index (χ2n) is 7.08. The Hall–Kier alpha value is -3.68. The first-order chi connectivity index (χ1) is 14.0. The largest absolute Gasteiger partial charge is 0.368 e. The van der Waals surface area contributed by atoms with Crippen LogP contribution in [0.25, 0.3) is 11.3 Å². The predicted octanol–water partition coefficient (Wildman–Crippen LogP) is 3.26. The van der Waals surface area contributed by atoms with E-state index in [1.54, 1.807) is 12.1 Å². The van der Waals surface area contributed by atoms with Gasteiger partial charge in [-0.25, -0.2) is 0 Å². The molecular weight excluding hydrogens is 370 g/mol. The van der Waals surface area contributed by atoms with Crippen LogP contribution in [0.2, 0.25) is 0 Å². The van der Waals surface area contributed by atoms with Gasteiger partial charge in [0.2, 0.25) is 0 Å². The molecule has 1 saturated heterocycles. The van der Waals surface area contributed by atoms with Crippen LogP contribution in [0.1, 0.15) is 15.9 Å². The molecule has 1 fully saturated rings. The highest BCUT2D eigenvalue weighted by atomic mass is 16.6. The molecule has 1 N–H and O–H groups in total. The van der Waals surface area contributed by atoms with Crippen molar-refractivity contribution in [2.45, 2.75) is 6.92 Å². The molecule has 8 nitrogen and oxygen atoms in total. The van der Waals surface area contributed by atoms with E-state index in [1.807, 2.05) is 4.90 Å². The summed E-state index contributed by atoms with van der Waals surface area (Å²) in [6.45, 7) is 4.84. The molecule has 8 heteroatoms. The zero-order valence-electron chi connectivity index (χ0n) is 16.0. The monoisotopic (exact) mass is 391 g/mol. The molecule has 1 aromatic heterocycles. The molecular formula is C21H21N5O3. The molecule has 0 saturated carbocycles. The Bertz CT molecular complexity index is 1020. The van der Waals surface area contributed by atoms with Crippen molar-refractivity contribution in [2.24, 2.45) is 0 Å². The minimum atomic E-state index is -0.448. The van der Waals surface area contributed by atoms with Crippen LogP contribution in [0, 0.1) is 17.0 Å². The maximum Gasteiger partial charge on any atom is 0.269 e. The van der Waals surface area contributed by atoms with E-state index >= 15 is 0 Å². The Kier molecular flexibility index (Phi) is 4.99. The van der Waals surface area contributed by atoms with E-state index in [-0.39, 0.29) is 11.6 Å². The van der Waals surface area contributed by atoms with Crippen LogP contribution in [0.4, 0.5) is 11.4 Å². The number of carbonyl (C=O) groups is 1. The van der Waals surface area contributed by atoms with Crippen molar-refractivity contribution < 1.29 is 9.72 Å². The van der Waals surface area contributed by atoms with Gasteiger partial charge < -0.3 is 9.80 Å². The number of piperazine rings is 1. The fraction of sp³-hybridized carbons (Fsp3) is 0.238. The van der Waals surface area contributed by atoms with Gasteiger partial charge in [0.05, 0.1) is 22.4 Å². The summed E-state index contributed by atoms with van der Waals surface area (Å²) < 4.78 is 0. The molecule has 2 aromatic carbocycles. The standard InChI is InChI=1S/C21H21N5O3/c1-15-2-6-17(7-3-15)24-10-12-25(13-11-24)21(27)19-14-22-23-20(19)16-4-8-18(9-5-16)26(28)29/h2-9,14H,10-13H2,1H3,(H,22,23). The Morgan fingerprint density at radius 2 is 1.69 bits per heavy atom. The van der Waals surface area contributed by atoms with Crippen molar-refractivity contribution in [3.8, 4) is 11.3 Å². The number of nitro groups is 1. The molecule has 0 bridgehead atoms. The molecule has 1 aliphatic rings. The van der Waals surface area contributed by atoms with Gasteiger partial charge in [-0.3, -0.25) is 20.0 Å². The van der Waals surface area contributed by atoms with E-state index in [0.717, 1.165) is 18.8 Å². The molecule has 29 heavy (non-hydrogen) atoms. The lowest BCUT2D eigenvalue weighted by molar-refractivity contribution is -0.384. The van der Waals surface area contributed by atoms with E-state index in [2.05, 4.69) is 46.3 Å². The van der Waals surface area contributed by atoms with Gasteiger partial charge in [0.25, 0.3) is 11.6 Å². The minimum Gasteiger partial charge on any atom is -0.368 e. The highest BCUT2D eigenvalue weighted by molar-refractivity contribution is 5.99. The number of aryl methyl sites for hydroxylation is 1. The summed E-state index contributed by atoms with van der Waals surface area (Å²) in [4.78, 5) is 27.6. The van der Waals surface area contributed by atoms with E-state index in [0.29, 0.717) is 29.9 Å². The van der Waals surface area contributed by atoms with Gasteiger partial charge in [-0.2, -0.15) is 5.10 Å². The molecule has 0 aliphatic carbocycles. The Balaban J connectivity index is 1.46. The first-order valence-electron chi connectivity index (χ1n) is 9.42. The first kappa shape index (κ1) is 18.7. The number of non-ortho nitro benzene ring substituents is 1. The lowest BCUT2D eigenvalue weighted by atomic mass is 10.1. The Labute approximate surface area is 167 Å². The number of nitrogens with one attached hydrogen (secondary N) is 1. The summed E-state index contributed by atoms with van der Waals surface area (Å²) >= 11 is 0. The van der Waals surface area contributed by atoms with Crippen LogP contribution in [0.15, 0.2) is 54.7 Å². The molecule has 0 radical (unpaired) electrons. The Morgan fingerprint density at radius 1 is 1.03 bits per heavy atom. The van der Waals surface area contributed by atoms with Crippen LogP contribution in [-0.2, 0) is 0 Å².